The lowest BCUT2D eigenvalue weighted by molar-refractivity contribution is 0.0979. The predicted octanol–water partition coefficient (Wildman–Crippen LogP) is 6.87. The number of carbonyl (C=O) groups is 2. The third-order valence-electron chi connectivity index (χ3n) is 5.43. The van der Waals surface area contributed by atoms with Gasteiger partial charge in [-0.2, -0.15) is 0 Å². The minimum absolute atomic E-state index is 0.0641. The van der Waals surface area contributed by atoms with Gasteiger partial charge < -0.3 is 4.72 Å². The van der Waals surface area contributed by atoms with E-state index in [1.54, 1.807) is 70.3 Å². The number of ketones is 2. The number of rotatable bonds is 2. The monoisotopic (exact) mass is 465 g/mol. The maximum atomic E-state index is 12.1. The van der Waals surface area contributed by atoms with Crippen molar-refractivity contribution in [1.29, 1.82) is 0 Å². The van der Waals surface area contributed by atoms with Crippen LogP contribution in [-0.2, 0) is 0 Å². The van der Waals surface area contributed by atoms with Crippen LogP contribution in [0.2, 0.25) is 0 Å². The molecule has 1 heterocycles. The zero-order chi connectivity index (χ0) is 22.6. The number of benzene rings is 4. The van der Waals surface area contributed by atoms with Gasteiger partial charge in [0, 0.05) is 33.2 Å². The molecule has 160 valence electrons. The molecule has 0 atom stereocenters. The molecule has 33 heavy (non-hydrogen) atoms. The van der Waals surface area contributed by atoms with E-state index in [0.717, 1.165) is 0 Å². The summed E-state index contributed by atoms with van der Waals surface area (Å²) in [6, 6.07) is 34.9. The molecule has 4 aromatic carbocycles. The Morgan fingerprint density at radius 3 is 1.33 bits per heavy atom. The van der Waals surface area contributed by atoms with E-state index >= 15 is 0 Å². The van der Waals surface area contributed by atoms with Gasteiger partial charge in [-0.25, -0.2) is 0 Å². The van der Waals surface area contributed by atoms with E-state index in [4.69, 9.17) is 0 Å². The van der Waals surface area contributed by atoms with E-state index in [1.807, 2.05) is 12.1 Å². The van der Waals surface area contributed by atoms with Crippen LogP contribution in [0.25, 0.3) is 10.6 Å². The van der Waals surface area contributed by atoms with Crippen LogP contribution in [0.1, 0.15) is 43.0 Å². The van der Waals surface area contributed by atoms with Gasteiger partial charge in [0.2, 0.25) is 0 Å². The zero-order valence-electron chi connectivity index (χ0n) is 17.5. The SMILES string of the molecule is O=C1c2ccccc2C(=O)c2ccccc21.c1ccc(C2=C(c3ccccc3)SSN2)cc1. The summed E-state index contributed by atoms with van der Waals surface area (Å²) in [7, 11) is 3.46. The highest BCUT2D eigenvalue weighted by Crippen LogP contribution is 2.46. The van der Waals surface area contributed by atoms with Crippen molar-refractivity contribution in [3.8, 4) is 0 Å². The smallest absolute Gasteiger partial charge is 0.194 e. The van der Waals surface area contributed by atoms with E-state index in [0.29, 0.717) is 22.3 Å². The summed E-state index contributed by atoms with van der Waals surface area (Å²) in [4.78, 5) is 25.5. The van der Waals surface area contributed by atoms with Gasteiger partial charge in [0.05, 0.1) is 10.6 Å². The van der Waals surface area contributed by atoms with E-state index < -0.39 is 0 Å². The van der Waals surface area contributed by atoms with Gasteiger partial charge in [-0.3, -0.25) is 9.59 Å². The highest BCUT2D eigenvalue weighted by Gasteiger charge is 2.28. The molecule has 5 heteroatoms. The van der Waals surface area contributed by atoms with Crippen molar-refractivity contribution < 1.29 is 9.59 Å². The highest BCUT2D eigenvalue weighted by atomic mass is 33.1. The molecular formula is C28H19NO2S2. The van der Waals surface area contributed by atoms with Crippen molar-refractivity contribution >= 4 is 43.9 Å². The highest BCUT2D eigenvalue weighted by molar-refractivity contribution is 8.80. The maximum Gasteiger partial charge on any atom is 0.194 e. The van der Waals surface area contributed by atoms with Crippen LogP contribution >= 0.6 is 21.8 Å². The second-order valence-corrected chi connectivity index (χ2v) is 9.40. The Bertz CT molecular complexity index is 1210. The van der Waals surface area contributed by atoms with E-state index in [1.165, 1.54) is 21.7 Å². The Morgan fingerprint density at radius 2 is 0.879 bits per heavy atom. The fraction of sp³-hybridized carbons (Fsp3) is 0. The first-order valence-corrected chi connectivity index (χ1v) is 12.6. The standard InChI is InChI=1S/C14H11NS2.C14H8O2/c1-3-7-11(8-4-1)13-14(16-17-15-13)12-9-5-2-6-10-12;15-13-9-5-1-2-6-10(9)14(16)12-8-4-3-7-11(12)13/h1-10,15H;1-8H. The second-order valence-electron chi connectivity index (χ2n) is 7.45. The molecular weight excluding hydrogens is 446 g/mol. The number of hydrogen-bond acceptors (Lipinski definition) is 5. The summed E-state index contributed by atoms with van der Waals surface area (Å²) < 4.78 is 3.38. The van der Waals surface area contributed by atoms with E-state index in [-0.39, 0.29) is 11.6 Å². The summed E-state index contributed by atoms with van der Waals surface area (Å²) in [6.07, 6.45) is 0. The summed E-state index contributed by atoms with van der Waals surface area (Å²) in [6.45, 7) is 0. The van der Waals surface area contributed by atoms with Crippen molar-refractivity contribution in [3.05, 3.63) is 143 Å². The zero-order valence-corrected chi connectivity index (χ0v) is 19.2. The van der Waals surface area contributed by atoms with Gasteiger partial charge in [0.25, 0.3) is 0 Å². The molecule has 0 saturated heterocycles. The van der Waals surface area contributed by atoms with E-state index in [2.05, 4.69) is 53.3 Å². The summed E-state index contributed by atoms with van der Waals surface area (Å²) in [5.74, 6) is -0.128. The lowest BCUT2D eigenvalue weighted by atomic mass is 9.84. The van der Waals surface area contributed by atoms with Crippen LogP contribution in [0.4, 0.5) is 0 Å². The minimum Gasteiger partial charge on any atom is -0.319 e. The number of nitrogens with one attached hydrogen (secondary N) is 1. The van der Waals surface area contributed by atoms with Gasteiger partial charge in [-0.05, 0) is 21.9 Å². The molecule has 0 bridgehead atoms. The van der Waals surface area contributed by atoms with E-state index in [9.17, 15) is 9.59 Å². The Hall–Kier alpha value is -3.54. The lowest BCUT2D eigenvalue weighted by Crippen LogP contribution is -2.20. The third-order valence-corrected chi connectivity index (χ3v) is 7.40. The topological polar surface area (TPSA) is 46.2 Å². The molecule has 0 amide bonds. The molecule has 0 aromatic heterocycles. The van der Waals surface area contributed by atoms with Crippen LogP contribution in [0, 0.1) is 0 Å². The van der Waals surface area contributed by atoms with Gasteiger partial charge in [-0.15, -0.1) is 0 Å². The van der Waals surface area contributed by atoms with Crippen LogP contribution < -0.4 is 4.72 Å². The van der Waals surface area contributed by atoms with Crippen molar-refractivity contribution in [3.63, 3.8) is 0 Å². The Balaban J connectivity index is 0.000000139. The molecule has 0 fully saturated rings. The molecule has 2 aliphatic rings. The molecule has 0 unspecified atom stereocenters. The molecule has 1 aliphatic carbocycles. The van der Waals surface area contributed by atoms with Gasteiger partial charge >= 0.3 is 0 Å². The lowest BCUT2D eigenvalue weighted by Gasteiger charge is -2.16. The molecule has 4 aromatic rings. The minimum atomic E-state index is -0.0641. The maximum absolute atomic E-state index is 12.1. The van der Waals surface area contributed by atoms with Crippen molar-refractivity contribution in [2.75, 3.05) is 0 Å². The van der Waals surface area contributed by atoms with Gasteiger partial charge in [0.1, 0.15) is 0 Å². The fourth-order valence-corrected chi connectivity index (χ4v) is 5.96. The van der Waals surface area contributed by atoms with Crippen molar-refractivity contribution in [2.45, 2.75) is 0 Å². The molecule has 1 aliphatic heterocycles. The summed E-state index contributed by atoms with van der Waals surface area (Å²) in [5, 5.41) is 0. The second kappa shape index (κ2) is 9.53. The molecule has 0 spiro atoms. The number of fused-ring (bicyclic) bond motifs is 2. The van der Waals surface area contributed by atoms with Crippen LogP contribution in [0.15, 0.2) is 109 Å². The first kappa shape index (κ1) is 21.3. The Morgan fingerprint density at radius 1 is 0.485 bits per heavy atom. The quantitative estimate of drug-likeness (QED) is 0.228. The summed E-state index contributed by atoms with van der Waals surface area (Å²) in [5.41, 5.74) is 5.75. The van der Waals surface area contributed by atoms with Crippen molar-refractivity contribution in [1.82, 2.24) is 4.72 Å². The van der Waals surface area contributed by atoms with Crippen LogP contribution in [-0.4, -0.2) is 11.6 Å². The summed E-state index contributed by atoms with van der Waals surface area (Å²) >= 11 is 0. The van der Waals surface area contributed by atoms with Gasteiger partial charge in [0.15, 0.2) is 11.6 Å². The molecule has 3 nitrogen and oxygen atoms in total. The van der Waals surface area contributed by atoms with Crippen LogP contribution in [0.3, 0.4) is 0 Å². The molecule has 1 N–H and O–H groups in total. The Labute approximate surface area is 200 Å². The molecule has 0 saturated carbocycles. The average molecular weight is 466 g/mol. The largest absolute Gasteiger partial charge is 0.319 e. The van der Waals surface area contributed by atoms with Gasteiger partial charge in [-0.1, -0.05) is 109 Å². The van der Waals surface area contributed by atoms with Crippen molar-refractivity contribution in [2.24, 2.45) is 0 Å². The average Bonchev–Trinajstić information content (AvgIpc) is 3.39. The predicted molar refractivity (Wildman–Crippen MR) is 138 cm³/mol. The first-order chi connectivity index (χ1) is 16.2. The van der Waals surface area contributed by atoms with Crippen LogP contribution in [0.5, 0.6) is 0 Å². The number of hydrogen-bond donors (Lipinski definition) is 1. The molecule has 0 radical (unpaired) electrons. The normalized spacial score (nSPS) is 14.1. The number of carbonyl (C=O) groups excluding carboxylic acids is 2. The Kier molecular flexibility index (Phi) is 6.15. The fourth-order valence-electron chi connectivity index (χ4n) is 3.82. The third kappa shape index (κ3) is 4.25. The first-order valence-electron chi connectivity index (χ1n) is 10.5. The molecule has 6 rings (SSSR count).